The number of fused-ring (bicyclic) bond motifs is 1. The van der Waals surface area contributed by atoms with Crippen LogP contribution in [0.2, 0.25) is 0 Å². The predicted octanol–water partition coefficient (Wildman–Crippen LogP) is 4.35. The Balaban J connectivity index is 1.94. The van der Waals surface area contributed by atoms with Gasteiger partial charge in [0.15, 0.2) is 11.6 Å². The van der Waals surface area contributed by atoms with E-state index in [2.05, 4.69) is 31.2 Å². The Hall–Kier alpha value is -1.95. The van der Waals surface area contributed by atoms with Crippen molar-refractivity contribution in [2.45, 2.75) is 0 Å². The van der Waals surface area contributed by atoms with Crippen LogP contribution in [-0.2, 0) is 0 Å². The van der Waals surface area contributed by atoms with Crippen LogP contribution >= 0.6 is 15.9 Å². The summed E-state index contributed by atoms with van der Waals surface area (Å²) < 4.78 is 26.8. The minimum Gasteiger partial charge on any atom is -0.326 e. The van der Waals surface area contributed by atoms with E-state index in [1.54, 1.807) is 0 Å². The van der Waals surface area contributed by atoms with E-state index in [4.69, 9.17) is 0 Å². The molecular weight excluding hydrogens is 316 g/mol. The molecule has 1 aromatic heterocycles. The third-order valence-electron chi connectivity index (χ3n) is 2.63. The van der Waals surface area contributed by atoms with Crippen molar-refractivity contribution in [3.05, 3.63) is 52.5 Å². The van der Waals surface area contributed by atoms with Crippen molar-refractivity contribution >= 4 is 38.6 Å². The van der Waals surface area contributed by atoms with Gasteiger partial charge in [-0.1, -0.05) is 15.9 Å². The Labute approximate surface area is 115 Å². The minimum absolute atomic E-state index is 0.428. The van der Waals surface area contributed by atoms with Gasteiger partial charge in [0.05, 0.1) is 11.0 Å². The quantitative estimate of drug-likeness (QED) is 0.736. The van der Waals surface area contributed by atoms with E-state index in [1.165, 1.54) is 6.07 Å². The highest BCUT2D eigenvalue weighted by Gasteiger charge is 2.06. The molecule has 3 aromatic rings. The summed E-state index contributed by atoms with van der Waals surface area (Å²) in [6.45, 7) is 0. The fraction of sp³-hybridized carbons (Fsp3) is 0. The number of anilines is 2. The highest BCUT2D eigenvalue weighted by Crippen LogP contribution is 2.22. The molecule has 0 radical (unpaired) electrons. The Kier molecular flexibility index (Phi) is 2.94. The Morgan fingerprint density at radius 1 is 1.05 bits per heavy atom. The maximum Gasteiger partial charge on any atom is 0.205 e. The summed E-state index contributed by atoms with van der Waals surface area (Å²) >= 11 is 3.37. The molecule has 0 amide bonds. The fourth-order valence-corrected chi connectivity index (χ4v) is 2.11. The molecule has 2 aromatic carbocycles. The lowest BCUT2D eigenvalue weighted by Crippen LogP contribution is -1.94. The summed E-state index contributed by atoms with van der Waals surface area (Å²) in [6, 6.07) is 9.21. The Morgan fingerprint density at radius 2 is 1.89 bits per heavy atom. The molecule has 3 nitrogen and oxygen atoms in total. The molecule has 0 aliphatic heterocycles. The van der Waals surface area contributed by atoms with Crippen LogP contribution in [0.5, 0.6) is 0 Å². The normalized spacial score (nSPS) is 10.9. The molecule has 96 valence electrons. The van der Waals surface area contributed by atoms with Crippen LogP contribution in [-0.4, -0.2) is 9.97 Å². The molecule has 0 aliphatic rings. The number of H-pyrrole nitrogens is 1. The van der Waals surface area contributed by atoms with Gasteiger partial charge in [-0.2, -0.15) is 0 Å². The van der Waals surface area contributed by atoms with Crippen molar-refractivity contribution in [1.29, 1.82) is 0 Å². The Bertz CT molecular complexity index is 755. The van der Waals surface area contributed by atoms with E-state index >= 15 is 0 Å². The number of imidazole rings is 1. The number of nitrogens with zero attached hydrogens (tertiary/aromatic N) is 1. The van der Waals surface area contributed by atoms with Gasteiger partial charge in [-0.25, -0.2) is 13.8 Å². The lowest BCUT2D eigenvalue weighted by atomic mass is 10.3. The molecule has 19 heavy (non-hydrogen) atoms. The number of aromatic nitrogens is 2. The fourth-order valence-electron chi connectivity index (χ4n) is 1.75. The van der Waals surface area contributed by atoms with Crippen LogP contribution in [0.1, 0.15) is 0 Å². The molecule has 0 saturated heterocycles. The molecule has 2 N–H and O–H groups in total. The smallest absolute Gasteiger partial charge is 0.205 e. The molecule has 0 fully saturated rings. The third-order valence-corrected chi connectivity index (χ3v) is 3.12. The first kappa shape index (κ1) is 12.1. The number of rotatable bonds is 2. The molecule has 3 rings (SSSR count). The second kappa shape index (κ2) is 4.62. The standard InChI is InChI=1S/C13H8BrF2N3/c14-7-1-4-11-12(5-7)19-13(18-11)17-8-2-3-9(15)10(16)6-8/h1-6H,(H2,17,18,19). The summed E-state index contributed by atoms with van der Waals surface area (Å²) in [5.41, 5.74) is 2.06. The lowest BCUT2D eigenvalue weighted by molar-refractivity contribution is 0.509. The van der Waals surface area contributed by atoms with Crippen molar-refractivity contribution in [1.82, 2.24) is 9.97 Å². The van der Waals surface area contributed by atoms with Crippen LogP contribution in [0.15, 0.2) is 40.9 Å². The van der Waals surface area contributed by atoms with Crippen LogP contribution in [0.4, 0.5) is 20.4 Å². The van der Waals surface area contributed by atoms with Gasteiger partial charge in [0.2, 0.25) is 5.95 Å². The van der Waals surface area contributed by atoms with Gasteiger partial charge in [-0.15, -0.1) is 0 Å². The first-order chi connectivity index (χ1) is 9.11. The van der Waals surface area contributed by atoms with Crippen molar-refractivity contribution in [3.8, 4) is 0 Å². The number of nitrogens with one attached hydrogen (secondary N) is 2. The van der Waals surface area contributed by atoms with Crippen LogP contribution < -0.4 is 5.32 Å². The van der Waals surface area contributed by atoms with E-state index in [0.717, 1.165) is 27.6 Å². The largest absolute Gasteiger partial charge is 0.326 e. The molecule has 0 aliphatic carbocycles. The lowest BCUT2D eigenvalue weighted by Gasteiger charge is -2.02. The predicted molar refractivity (Wildman–Crippen MR) is 73.4 cm³/mol. The first-order valence-corrected chi connectivity index (χ1v) is 6.28. The summed E-state index contributed by atoms with van der Waals surface area (Å²) in [5, 5.41) is 2.89. The molecule has 1 heterocycles. The van der Waals surface area contributed by atoms with E-state index in [1.807, 2.05) is 18.2 Å². The van der Waals surface area contributed by atoms with Gasteiger partial charge in [0.1, 0.15) is 0 Å². The highest BCUT2D eigenvalue weighted by atomic mass is 79.9. The second-order valence-corrected chi connectivity index (χ2v) is 4.92. The average molecular weight is 324 g/mol. The van der Waals surface area contributed by atoms with Gasteiger partial charge >= 0.3 is 0 Å². The molecule has 0 saturated carbocycles. The topological polar surface area (TPSA) is 40.7 Å². The summed E-state index contributed by atoms with van der Waals surface area (Å²) in [5.74, 6) is -1.30. The number of halogens is 3. The molecular formula is C13H8BrF2N3. The van der Waals surface area contributed by atoms with Crippen LogP contribution in [0.3, 0.4) is 0 Å². The molecule has 0 spiro atoms. The van der Waals surface area contributed by atoms with Crippen molar-refractivity contribution in [2.24, 2.45) is 0 Å². The zero-order valence-electron chi connectivity index (χ0n) is 9.55. The summed E-state index contributed by atoms with van der Waals surface area (Å²) in [7, 11) is 0. The van der Waals surface area contributed by atoms with Gasteiger partial charge in [-0.05, 0) is 30.3 Å². The summed E-state index contributed by atoms with van der Waals surface area (Å²) in [4.78, 5) is 7.35. The van der Waals surface area contributed by atoms with Gasteiger partial charge in [0, 0.05) is 16.2 Å². The number of hydrogen-bond acceptors (Lipinski definition) is 2. The van der Waals surface area contributed by atoms with Gasteiger partial charge < -0.3 is 10.3 Å². The molecule has 0 bridgehead atoms. The molecule has 6 heteroatoms. The number of benzene rings is 2. The van der Waals surface area contributed by atoms with Crippen LogP contribution in [0.25, 0.3) is 11.0 Å². The van der Waals surface area contributed by atoms with Crippen molar-refractivity contribution in [2.75, 3.05) is 5.32 Å². The maximum absolute atomic E-state index is 13.1. The summed E-state index contributed by atoms with van der Waals surface area (Å²) in [6.07, 6.45) is 0. The zero-order chi connectivity index (χ0) is 13.4. The van der Waals surface area contributed by atoms with E-state index in [-0.39, 0.29) is 0 Å². The first-order valence-electron chi connectivity index (χ1n) is 5.49. The SMILES string of the molecule is Fc1ccc(Nc2nc3ccc(Br)cc3[nH]2)cc1F. The molecule has 0 unspecified atom stereocenters. The number of aromatic amines is 1. The monoisotopic (exact) mass is 323 g/mol. The van der Waals surface area contributed by atoms with E-state index in [0.29, 0.717) is 11.6 Å². The zero-order valence-corrected chi connectivity index (χ0v) is 11.1. The average Bonchev–Trinajstić information content (AvgIpc) is 2.75. The maximum atomic E-state index is 13.1. The minimum atomic E-state index is -0.899. The van der Waals surface area contributed by atoms with E-state index in [9.17, 15) is 8.78 Å². The second-order valence-electron chi connectivity index (χ2n) is 4.00. The Morgan fingerprint density at radius 3 is 2.68 bits per heavy atom. The van der Waals surface area contributed by atoms with Crippen LogP contribution in [0, 0.1) is 11.6 Å². The van der Waals surface area contributed by atoms with Gasteiger partial charge in [-0.3, -0.25) is 0 Å². The molecule has 0 atom stereocenters. The van der Waals surface area contributed by atoms with E-state index < -0.39 is 11.6 Å². The number of hydrogen-bond donors (Lipinski definition) is 2. The van der Waals surface area contributed by atoms with Crippen molar-refractivity contribution < 1.29 is 8.78 Å². The van der Waals surface area contributed by atoms with Gasteiger partial charge in [0.25, 0.3) is 0 Å². The highest BCUT2D eigenvalue weighted by molar-refractivity contribution is 9.10. The van der Waals surface area contributed by atoms with Crippen molar-refractivity contribution in [3.63, 3.8) is 0 Å². The third kappa shape index (κ3) is 2.44.